The lowest BCUT2D eigenvalue weighted by Gasteiger charge is -2.62. The van der Waals surface area contributed by atoms with Crippen LogP contribution in [0.15, 0.2) is 28.9 Å². The molecule has 3 aliphatic rings. The number of H-pyrrole nitrogens is 1. The van der Waals surface area contributed by atoms with Gasteiger partial charge in [0, 0.05) is 27.6 Å². The van der Waals surface area contributed by atoms with Gasteiger partial charge in [-0.3, -0.25) is 4.79 Å². The molecule has 4 heteroatoms. The van der Waals surface area contributed by atoms with E-state index in [0.29, 0.717) is 17.4 Å². The number of nitrogens with one attached hydrogen (secondary N) is 2. The van der Waals surface area contributed by atoms with Crippen LogP contribution in [0.2, 0.25) is 0 Å². The van der Waals surface area contributed by atoms with Gasteiger partial charge >= 0.3 is 0 Å². The van der Waals surface area contributed by atoms with Crippen molar-refractivity contribution in [3.63, 3.8) is 0 Å². The third kappa shape index (κ3) is 2.25. The predicted octanol–water partition coefficient (Wildman–Crippen LogP) is 4.73. The Morgan fingerprint density at radius 1 is 1.35 bits per heavy atom. The number of hydrogen-bond acceptors (Lipinski definition) is 1. The van der Waals surface area contributed by atoms with Gasteiger partial charge in [0.25, 0.3) is 5.91 Å². The lowest BCUT2D eigenvalue weighted by molar-refractivity contribution is -0.113. The maximum absolute atomic E-state index is 12.8. The van der Waals surface area contributed by atoms with Gasteiger partial charge in [-0.05, 0) is 48.1 Å². The second-order valence-electron chi connectivity index (χ2n) is 7.93. The molecule has 1 heterocycles. The highest BCUT2D eigenvalue weighted by Gasteiger charge is 2.56. The first-order chi connectivity index (χ1) is 10.9. The lowest BCUT2D eigenvalue weighted by Crippen LogP contribution is -2.60. The summed E-state index contributed by atoms with van der Waals surface area (Å²) in [4.78, 5) is 16.0. The monoisotopic (exact) mass is 374 g/mol. The van der Waals surface area contributed by atoms with E-state index in [2.05, 4.69) is 47.0 Å². The lowest BCUT2D eigenvalue weighted by atomic mass is 9.45. The van der Waals surface area contributed by atoms with Crippen LogP contribution >= 0.6 is 15.9 Å². The van der Waals surface area contributed by atoms with E-state index >= 15 is 0 Å². The Kier molecular flexibility index (Phi) is 3.38. The van der Waals surface area contributed by atoms with E-state index in [1.165, 1.54) is 6.42 Å². The first-order valence-corrected chi connectivity index (χ1v) is 9.24. The molecule has 5 rings (SSSR count). The molecule has 2 bridgehead atoms. The van der Waals surface area contributed by atoms with Crippen molar-refractivity contribution in [3.8, 4) is 0 Å². The Morgan fingerprint density at radius 3 is 2.83 bits per heavy atom. The minimum absolute atomic E-state index is 0.0505. The smallest absolute Gasteiger partial charge is 0.253 e. The number of amides is 1. The Balaban J connectivity index is 1.54. The average molecular weight is 375 g/mol. The van der Waals surface area contributed by atoms with Gasteiger partial charge in [0.05, 0.1) is 5.56 Å². The average Bonchev–Trinajstić information content (AvgIpc) is 2.91. The largest absolute Gasteiger partial charge is 0.360 e. The molecule has 0 aliphatic heterocycles. The summed E-state index contributed by atoms with van der Waals surface area (Å²) in [7, 11) is 0. The first-order valence-electron chi connectivity index (χ1n) is 8.45. The normalized spacial score (nSPS) is 31.7. The van der Waals surface area contributed by atoms with E-state index in [1.807, 2.05) is 24.4 Å². The molecule has 1 aromatic carbocycles. The molecule has 0 unspecified atom stereocenters. The quantitative estimate of drug-likeness (QED) is 0.783. The minimum Gasteiger partial charge on any atom is -0.360 e. The van der Waals surface area contributed by atoms with Crippen molar-refractivity contribution in [2.75, 3.05) is 0 Å². The number of aromatic amines is 1. The number of carbonyl (C=O) groups is 1. The van der Waals surface area contributed by atoms with Gasteiger partial charge in [-0.25, -0.2) is 0 Å². The molecule has 3 fully saturated rings. The van der Waals surface area contributed by atoms with Crippen LogP contribution in [0.1, 0.15) is 44.0 Å². The number of fused-ring (bicyclic) bond motifs is 3. The molecule has 3 saturated carbocycles. The van der Waals surface area contributed by atoms with Crippen molar-refractivity contribution in [3.05, 3.63) is 34.4 Å². The molecule has 23 heavy (non-hydrogen) atoms. The van der Waals surface area contributed by atoms with Crippen LogP contribution in [0.3, 0.4) is 0 Å². The summed E-state index contributed by atoms with van der Waals surface area (Å²) in [5, 5.41) is 4.29. The number of hydrogen-bond donors (Lipinski definition) is 2. The van der Waals surface area contributed by atoms with Crippen LogP contribution in [0.4, 0.5) is 0 Å². The maximum atomic E-state index is 12.8. The zero-order valence-electron chi connectivity index (χ0n) is 13.8. The topological polar surface area (TPSA) is 44.9 Å². The van der Waals surface area contributed by atoms with Gasteiger partial charge in [-0.1, -0.05) is 42.8 Å². The standard InChI is InChI=1S/C19H23BrN2O/c1-10-15-6-11(19(15,2)3)7-16(10)22-18(23)14-9-21-17-8-12(20)4-5-13(14)17/h4-5,8-11,15-16,21H,6-7H2,1-3H3,(H,22,23)/t10-,11+,15-,16-/m0/s1. The predicted molar refractivity (Wildman–Crippen MR) is 96.4 cm³/mol. The summed E-state index contributed by atoms with van der Waals surface area (Å²) in [5.41, 5.74) is 2.19. The van der Waals surface area contributed by atoms with E-state index in [-0.39, 0.29) is 5.91 Å². The minimum atomic E-state index is 0.0505. The first kappa shape index (κ1) is 15.3. The fourth-order valence-electron chi connectivity index (χ4n) is 4.87. The zero-order valence-corrected chi connectivity index (χ0v) is 15.4. The van der Waals surface area contributed by atoms with E-state index in [0.717, 1.165) is 39.2 Å². The van der Waals surface area contributed by atoms with E-state index in [9.17, 15) is 4.79 Å². The second-order valence-corrected chi connectivity index (χ2v) is 8.84. The molecule has 4 atom stereocenters. The highest BCUT2D eigenvalue weighted by Crippen LogP contribution is 2.61. The second kappa shape index (κ2) is 5.10. The Morgan fingerprint density at radius 2 is 2.13 bits per heavy atom. The van der Waals surface area contributed by atoms with Crippen molar-refractivity contribution >= 4 is 32.7 Å². The SMILES string of the molecule is C[C@@H]1[C@@H](NC(=O)c2c[nH]c3cc(Br)ccc23)C[C@H]2C[C@@H]1C2(C)C. The summed E-state index contributed by atoms with van der Waals surface area (Å²) in [5.74, 6) is 2.10. The number of rotatable bonds is 2. The number of carbonyl (C=O) groups excluding carboxylic acids is 1. The molecule has 122 valence electrons. The molecule has 1 aromatic heterocycles. The molecule has 2 N–H and O–H groups in total. The highest BCUT2D eigenvalue weighted by atomic mass is 79.9. The van der Waals surface area contributed by atoms with Crippen molar-refractivity contribution in [1.29, 1.82) is 0 Å². The van der Waals surface area contributed by atoms with Crippen LogP contribution < -0.4 is 5.32 Å². The highest BCUT2D eigenvalue weighted by molar-refractivity contribution is 9.10. The molecule has 0 spiro atoms. The van der Waals surface area contributed by atoms with Crippen LogP contribution in [0.25, 0.3) is 10.9 Å². The summed E-state index contributed by atoms with van der Waals surface area (Å²) < 4.78 is 1.02. The Bertz CT molecular complexity index is 779. The zero-order chi connectivity index (χ0) is 16.4. The molecule has 0 radical (unpaired) electrons. The molecule has 3 nitrogen and oxygen atoms in total. The molecular weight excluding hydrogens is 352 g/mol. The number of aromatic nitrogens is 1. The summed E-state index contributed by atoms with van der Waals surface area (Å²) >= 11 is 3.47. The Labute approximate surface area is 145 Å². The van der Waals surface area contributed by atoms with E-state index < -0.39 is 0 Å². The van der Waals surface area contributed by atoms with Gasteiger partial charge in [-0.15, -0.1) is 0 Å². The van der Waals surface area contributed by atoms with Crippen LogP contribution in [0, 0.1) is 23.2 Å². The summed E-state index contributed by atoms with van der Waals surface area (Å²) in [6, 6.07) is 6.29. The molecule has 3 aliphatic carbocycles. The third-order valence-corrected chi connectivity index (χ3v) is 7.05. The molecular formula is C19H23BrN2O. The summed E-state index contributed by atoms with van der Waals surface area (Å²) in [6.07, 6.45) is 4.27. The van der Waals surface area contributed by atoms with Gasteiger partial charge in [-0.2, -0.15) is 0 Å². The van der Waals surface area contributed by atoms with E-state index in [4.69, 9.17) is 0 Å². The molecule has 0 saturated heterocycles. The molecule has 1 amide bonds. The van der Waals surface area contributed by atoms with Crippen molar-refractivity contribution in [2.24, 2.45) is 23.2 Å². The van der Waals surface area contributed by atoms with Crippen LogP contribution in [0.5, 0.6) is 0 Å². The fraction of sp³-hybridized carbons (Fsp3) is 0.526. The van der Waals surface area contributed by atoms with Crippen LogP contribution in [-0.4, -0.2) is 16.9 Å². The van der Waals surface area contributed by atoms with Gasteiger partial charge < -0.3 is 10.3 Å². The molecule has 2 aromatic rings. The van der Waals surface area contributed by atoms with Gasteiger partial charge in [0.1, 0.15) is 0 Å². The number of halogens is 1. The maximum Gasteiger partial charge on any atom is 0.253 e. The third-order valence-electron chi connectivity index (χ3n) is 6.56. The number of benzene rings is 1. The van der Waals surface area contributed by atoms with Crippen LogP contribution in [-0.2, 0) is 0 Å². The van der Waals surface area contributed by atoms with Crippen molar-refractivity contribution in [1.82, 2.24) is 10.3 Å². The van der Waals surface area contributed by atoms with E-state index in [1.54, 1.807) is 0 Å². The van der Waals surface area contributed by atoms with Crippen molar-refractivity contribution < 1.29 is 4.79 Å². The summed E-state index contributed by atoms with van der Waals surface area (Å²) in [6.45, 7) is 7.08. The van der Waals surface area contributed by atoms with Gasteiger partial charge in [0.2, 0.25) is 0 Å². The fourth-order valence-corrected chi connectivity index (χ4v) is 5.23. The van der Waals surface area contributed by atoms with Gasteiger partial charge in [0.15, 0.2) is 0 Å². The Hall–Kier alpha value is -1.29. The van der Waals surface area contributed by atoms with Crippen molar-refractivity contribution in [2.45, 2.75) is 39.7 Å².